The van der Waals surface area contributed by atoms with E-state index in [1.54, 1.807) is 0 Å². The predicted molar refractivity (Wildman–Crippen MR) is 78.5 cm³/mol. The Kier molecular flexibility index (Phi) is 3.39. The van der Waals surface area contributed by atoms with Crippen LogP contribution in [0.15, 0.2) is 48.5 Å². The minimum absolute atomic E-state index is 0.259. The Morgan fingerprint density at radius 2 is 1.58 bits per heavy atom. The maximum atomic E-state index is 9.35. The Bertz CT molecular complexity index is 573. The van der Waals surface area contributed by atoms with Crippen LogP contribution in [0.3, 0.4) is 0 Å². The number of hydrogen-bond acceptors (Lipinski definition) is 1. The summed E-state index contributed by atoms with van der Waals surface area (Å²) in [5.74, 6) is 0.878. The van der Waals surface area contributed by atoms with E-state index in [1.165, 1.54) is 22.3 Å². The number of aliphatic hydroxyl groups excluding tert-OH is 1. The van der Waals surface area contributed by atoms with Gasteiger partial charge in [-0.3, -0.25) is 0 Å². The molecule has 0 aromatic heterocycles. The average molecular weight is 252 g/mol. The van der Waals surface area contributed by atoms with Gasteiger partial charge in [-0.1, -0.05) is 55.5 Å². The molecule has 1 heteroatoms. The largest absolute Gasteiger partial charge is 0.396 e. The SMILES string of the molecule is CC1c2ccccc2C[C@H](CCO)c2ccccc21. The minimum Gasteiger partial charge on any atom is -0.396 e. The number of aliphatic hydroxyl groups is 1. The molecule has 1 aliphatic rings. The molecule has 2 atom stereocenters. The second-order valence-electron chi connectivity index (χ2n) is 5.46. The van der Waals surface area contributed by atoms with Crippen molar-refractivity contribution in [1.29, 1.82) is 0 Å². The standard InChI is InChI=1S/C18H20O/c1-13-16-7-3-2-6-14(16)12-15(10-11-19)18-9-5-4-8-17(13)18/h2-9,13,15,19H,10-12H2,1H3/t13?,15-/m0/s1. The number of rotatable bonds is 2. The number of hydrogen-bond donors (Lipinski definition) is 1. The van der Waals surface area contributed by atoms with Crippen molar-refractivity contribution >= 4 is 0 Å². The van der Waals surface area contributed by atoms with Gasteiger partial charge in [0.1, 0.15) is 0 Å². The Hall–Kier alpha value is -1.60. The topological polar surface area (TPSA) is 20.2 Å². The maximum absolute atomic E-state index is 9.35. The van der Waals surface area contributed by atoms with E-state index in [4.69, 9.17) is 0 Å². The van der Waals surface area contributed by atoms with Crippen LogP contribution in [0.1, 0.15) is 47.4 Å². The lowest BCUT2D eigenvalue weighted by atomic mass is 9.87. The normalized spacial score (nSPS) is 21.4. The molecule has 0 heterocycles. The summed E-state index contributed by atoms with van der Waals surface area (Å²) in [5.41, 5.74) is 5.71. The molecule has 0 aliphatic heterocycles. The molecule has 0 spiro atoms. The third-order valence-electron chi connectivity index (χ3n) is 4.37. The molecule has 0 amide bonds. The monoisotopic (exact) mass is 252 g/mol. The van der Waals surface area contributed by atoms with Crippen LogP contribution in [0.4, 0.5) is 0 Å². The highest BCUT2D eigenvalue weighted by Gasteiger charge is 2.25. The quantitative estimate of drug-likeness (QED) is 0.860. The Morgan fingerprint density at radius 3 is 2.32 bits per heavy atom. The molecule has 0 saturated carbocycles. The van der Waals surface area contributed by atoms with Crippen molar-refractivity contribution in [3.05, 3.63) is 70.8 Å². The van der Waals surface area contributed by atoms with Crippen LogP contribution in [0, 0.1) is 0 Å². The smallest absolute Gasteiger partial charge is 0.0436 e. The molecule has 3 rings (SSSR count). The first-order valence-electron chi connectivity index (χ1n) is 7.08. The van der Waals surface area contributed by atoms with E-state index >= 15 is 0 Å². The Balaban J connectivity index is 2.15. The zero-order chi connectivity index (χ0) is 13.2. The predicted octanol–water partition coefficient (Wildman–Crippen LogP) is 3.86. The maximum Gasteiger partial charge on any atom is 0.0436 e. The molecule has 2 aromatic rings. The van der Waals surface area contributed by atoms with Gasteiger partial charge in [0.25, 0.3) is 0 Å². The van der Waals surface area contributed by atoms with Crippen molar-refractivity contribution in [2.24, 2.45) is 0 Å². The summed E-state index contributed by atoms with van der Waals surface area (Å²) in [6.45, 7) is 2.55. The summed E-state index contributed by atoms with van der Waals surface area (Å²) in [6.07, 6.45) is 1.89. The number of benzene rings is 2. The molecule has 0 bridgehead atoms. The van der Waals surface area contributed by atoms with Gasteiger partial charge in [-0.15, -0.1) is 0 Å². The van der Waals surface area contributed by atoms with Crippen LogP contribution in [0.25, 0.3) is 0 Å². The van der Waals surface area contributed by atoms with Crippen LogP contribution in [0.2, 0.25) is 0 Å². The lowest BCUT2D eigenvalue weighted by Gasteiger charge is -2.18. The Morgan fingerprint density at radius 1 is 0.947 bits per heavy atom. The zero-order valence-corrected chi connectivity index (χ0v) is 11.3. The van der Waals surface area contributed by atoms with Gasteiger partial charge in [0.15, 0.2) is 0 Å². The molecule has 1 unspecified atom stereocenters. The van der Waals surface area contributed by atoms with E-state index in [2.05, 4.69) is 55.5 Å². The fourth-order valence-corrected chi connectivity index (χ4v) is 3.38. The highest BCUT2D eigenvalue weighted by Crippen LogP contribution is 2.39. The fraction of sp³-hybridized carbons (Fsp3) is 0.333. The van der Waals surface area contributed by atoms with Crippen molar-refractivity contribution in [2.45, 2.75) is 31.6 Å². The summed E-state index contributed by atoms with van der Waals surface area (Å²) < 4.78 is 0. The van der Waals surface area contributed by atoms with E-state index in [0.29, 0.717) is 11.8 Å². The lowest BCUT2D eigenvalue weighted by molar-refractivity contribution is 0.275. The molecule has 19 heavy (non-hydrogen) atoms. The van der Waals surface area contributed by atoms with E-state index in [1.807, 2.05) is 0 Å². The third-order valence-corrected chi connectivity index (χ3v) is 4.37. The first-order valence-corrected chi connectivity index (χ1v) is 7.08. The van der Waals surface area contributed by atoms with E-state index in [9.17, 15) is 5.11 Å². The summed E-state index contributed by atoms with van der Waals surface area (Å²) in [4.78, 5) is 0. The van der Waals surface area contributed by atoms with Gasteiger partial charge in [0, 0.05) is 12.5 Å². The van der Waals surface area contributed by atoms with Crippen LogP contribution in [-0.2, 0) is 6.42 Å². The molecular formula is C18H20O. The summed E-state index contributed by atoms with van der Waals surface area (Å²) in [7, 11) is 0. The first-order chi connectivity index (χ1) is 9.31. The van der Waals surface area contributed by atoms with Gasteiger partial charge >= 0.3 is 0 Å². The molecule has 0 saturated heterocycles. The van der Waals surface area contributed by atoms with E-state index in [0.717, 1.165) is 12.8 Å². The molecule has 1 aliphatic carbocycles. The molecular weight excluding hydrogens is 232 g/mol. The van der Waals surface area contributed by atoms with E-state index < -0.39 is 0 Å². The number of fused-ring (bicyclic) bond motifs is 2. The molecule has 2 aromatic carbocycles. The van der Waals surface area contributed by atoms with Gasteiger partial charge in [-0.25, -0.2) is 0 Å². The molecule has 98 valence electrons. The fourth-order valence-electron chi connectivity index (χ4n) is 3.38. The first kappa shape index (κ1) is 12.4. The van der Waals surface area contributed by atoms with E-state index in [-0.39, 0.29) is 6.61 Å². The lowest BCUT2D eigenvalue weighted by Crippen LogP contribution is -2.06. The minimum atomic E-state index is 0.259. The van der Waals surface area contributed by atoms with Crippen LogP contribution in [0.5, 0.6) is 0 Å². The molecule has 0 radical (unpaired) electrons. The van der Waals surface area contributed by atoms with Gasteiger partial charge in [0.05, 0.1) is 0 Å². The second kappa shape index (κ2) is 5.18. The van der Waals surface area contributed by atoms with Crippen molar-refractivity contribution in [1.82, 2.24) is 0 Å². The summed E-state index contributed by atoms with van der Waals surface area (Å²) in [6, 6.07) is 17.5. The van der Waals surface area contributed by atoms with Gasteiger partial charge in [-0.05, 0) is 41.0 Å². The van der Waals surface area contributed by atoms with Gasteiger partial charge in [0.2, 0.25) is 0 Å². The van der Waals surface area contributed by atoms with Crippen molar-refractivity contribution in [3.63, 3.8) is 0 Å². The Labute approximate surface area is 114 Å². The van der Waals surface area contributed by atoms with Crippen molar-refractivity contribution < 1.29 is 5.11 Å². The third kappa shape index (κ3) is 2.19. The van der Waals surface area contributed by atoms with Crippen LogP contribution < -0.4 is 0 Å². The highest BCUT2D eigenvalue weighted by atomic mass is 16.3. The van der Waals surface area contributed by atoms with Crippen molar-refractivity contribution in [3.8, 4) is 0 Å². The molecule has 1 nitrogen and oxygen atoms in total. The van der Waals surface area contributed by atoms with Gasteiger partial charge < -0.3 is 5.11 Å². The summed E-state index contributed by atoms with van der Waals surface area (Å²) in [5, 5.41) is 9.35. The average Bonchev–Trinajstić information content (AvgIpc) is 2.57. The van der Waals surface area contributed by atoms with Gasteiger partial charge in [-0.2, -0.15) is 0 Å². The van der Waals surface area contributed by atoms with Crippen LogP contribution >= 0.6 is 0 Å². The molecule has 0 fully saturated rings. The summed E-state index contributed by atoms with van der Waals surface area (Å²) >= 11 is 0. The second-order valence-corrected chi connectivity index (χ2v) is 5.46. The highest BCUT2D eigenvalue weighted by molar-refractivity contribution is 5.46. The molecule has 1 N–H and O–H groups in total. The van der Waals surface area contributed by atoms with Crippen molar-refractivity contribution in [2.75, 3.05) is 6.61 Å². The van der Waals surface area contributed by atoms with Crippen LogP contribution in [-0.4, -0.2) is 11.7 Å². The zero-order valence-electron chi connectivity index (χ0n) is 11.3.